The molecule has 2 aromatic carbocycles. The number of carbonyl (C=O) groups is 2. The Bertz CT molecular complexity index is 1280. The lowest BCUT2D eigenvalue weighted by Crippen LogP contribution is -2.44. The van der Waals surface area contributed by atoms with Gasteiger partial charge in [-0.3, -0.25) is 9.59 Å². The number of amides is 2. The number of aromatic nitrogens is 3. The first-order valence-corrected chi connectivity index (χ1v) is 12.8. The van der Waals surface area contributed by atoms with Crippen molar-refractivity contribution in [3.63, 3.8) is 0 Å². The number of hydrogen-bond donors (Lipinski definition) is 1. The molecule has 0 spiro atoms. The van der Waals surface area contributed by atoms with Crippen LogP contribution in [0, 0.1) is 12.8 Å². The number of piperidine rings is 1. The fraction of sp³-hybridized carbons (Fsp3) is 0.429. The van der Waals surface area contributed by atoms with Gasteiger partial charge in [0.25, 0.3) is 5.91 Å². The second-order valence-electron chi connectivity index (χ2n) is 10.1. The zero-order valence-electron chi connectivity index (χ0n) is 20.5. The molecule has 0 unspecified atom stereocenters. The number of rotatable bonds is 4. The molecule has 36 heavy (non-hydrogen) atoms. The summed E-state index contributed by atoms with van der Waals surface area (Å²) in [5, 5.41) is 11.7. The largest absolute Gasteiger partial charge is 0.365 e. The summed E-state index contributed by atoms with van der Waals surface area (Å²) >= 11 is 0. The number of hydrogen-bond acceptors (Lipinski definition) is 5. The first-order valence-electron chi connectivity index (χ1n) is 12.8. The van der Waals surface area contributed by atoms with Crippen LogP contribution in [0.15, 0.2) is 48.5 Å². The highest BCUT2D eigenvalue weighted by Crippen LogP contribution is 2.32. The summed E-state index contributed by atoms with van der Waals surface area (Å²) in [6.07, 6.45) is 3.16. The van der Waals surface area contributed by atoms with Gasteiger partial charge in [-0.05, 0) is 49.3 Å². The van der Waals surface area contributed by atoms with E-state index in [2.05, 4.69) is 65.0 Å². The highest BCUT2D eigenvalue weighted by Gasteiger charge is 2.34. The summed E-state index contributed by atoms with van der Waals surface area (Å²) in [7, 11) is 0. The van der Waals surface area contributed by atoms with Gasteiger partial charge in [0, 0.05) is 19.0 Å². The van der Waals surface area contributed by atoms with Gasteiger partial charge >= 0.3 is 0 Å². The fourth-order valence-electron chi connectivity index (χ4n) is 5.65. The van der Waals surface area contributed by atoms with E-state index in [0.29, 0.717) is 44.8 Å². The molecular formula is C28H31N5O3. The molecule has 2 atom stereocenters. The highest BCUT2D eigenvalue weighted by atomic mass is 16.5. The molecule has 3 aromatic rings. The zero-order chi connectivity index (χ0) is 24.6. The van der Waals surface area contributed by atoms with Gasteiger partial charge in [0.15, 0.2) is 5.69 Å². The van der Waals surface area contributed by atoms with E-state index >= 15 is 0 Å². The fourth-order valence-corrected chi connectivity index (χ4v) is 5.65. The number of benzene rings is 2. The summed E-state index contributed by atoms with van der Waals surface area (Å²) in [5.74, 6) is -0.105. The van der Waals surface area contributed by atoms with Gasteiger partial charge in [-0.1, -0.05) is 59.3 Å². The molecular weight excluding hydrogens is 454 g/mol. The molecule has 8 nitrogen and oxygen atoms in total. The van der Waals surface area contributed by atoms with Gasteiger partial charge in [-0.25, -0.2) is 4.68 Å². The van der Waals surface area contributed by atoms with Gasteiger partial charge in [0.05, 0.1) is 24.9 Å². The molecule has 3 heterocycles. The minimum atomic E-state index is -0.128. The zero-order valence-corrected chi connectivity index (χ0v) is 20.5. The van der Waals surface area contributed by atoms with Gasteiger partial charge in [-0.15, -0.1) is 5.10 Å². The molecule has 0 bridgehead atoms. The first kappa shape index (κ1) is 22.9. The maximum Gasteiger partial charge on any atom is 0.276 e. The average molecular weight is 486 g/mol. The SMILES string of the molecule is Cc1ccc([C@@H]2Cn3nnc(C(=O)N4CCC(C(=O)N[C@H]5CCc6ccccc65)CC4)c3CO2)cc1. The van der Waals surface area contributed by atoms with Gasteiger partial charge in [0.1, 0.15) is 6.10 Å². The van der Waals surface area contributed by atoms with Crippen molar-refractivity contribution in [2.75, 3.05) is 13.1 Å². The van der Waals surface area contributed by atoms with Crippen LogP contribution in [0.3, 0.4) is 0 Å². The van der Waals surface area contributed by atoms with E-state index in [1.54, 1.807) is 9.58 Å². The third kappa shape index (κ3) is 4.30. The van der Waals surface area contributed by atoms with Crippen molar-refractivity contribution in [3.05, 3.63) is 82.2 Å². The molecule has 1 aliphatic carbocycles. The van der Waals surface area contributed by atoms with E-state index in [1.807, 2.05) is 6.07 Å². The molecule has 1 N–H and O–H groups in total. The smallest absolute Gasteiger partial charge is 0.276 e. The van der Waals surface area contributed by atoms with E-state index in [4.69, 9.17) is 4.74 Å². The predicted molar refractivity (Wildman–Crippen MR) is 133 cm³/mol. The summed E-state index contributed by atoms with van der Waals surface area (Å²) in [4.78, 5) is 28.0. The van der Waals surface area contributed by atoms with Crippen LogP contribution in [0.5, 0.6) is 0 Å². The normalized spacial score (nSPS) is 21.6. The number of ether oxygens (including phenoxy) is 1. The van der Waals surface area contributed by atoms with Crippen LogP contribution < -0.4 is 5.32 Å². The van der Waals surface area contributed by atoms with E-state index in [9.17, 15) is 9.59 Å². The van der Waals surface area contributed by atoms with Crippen LogP contribution in [-0.4, -0.2) is 44.8 Å². The van der Waals surface area contributed by atoms with Crippen molar-refractivity contribution < 1.29 is 14.3 Å². The molecule has 2 aliphatic heterocycles. The topological polar surface area (TPSA) is 89.4 Å². The summed E-state index contributed by atoms with van der Waals surface area (Å²) in [6.45, 7) is 3.97. The Morgan fingerprint density at radius 2 is 1.81 bits per heavy atom. The minimum absolute atomic E-state index is 0.0746. The van der Waals surface area contributed by atoms with Crippen LogP contribution in [0.2, 0.25) is 0 Å². The van der Waals surface area contributed by atoms with Crippen molar-refractivity contribution in [2.45, 2.75) is 57.9 Å². The monoisotopic (exact) mass is 485 g/mol. The Balaban J connectivity index is 1.05. The average Bonchev–Trinajstić information content (AvgIpc) is 3.53. The lowest BCUT2D eigenvalue weighted by Gasteiger charge is -2.32. The molecule has 1 aromatic heterocycles. The highest BCUT2D eigenvalue weighted by molar-refractivity contribution is 5.93. The number of nitrogens with zero attached hydrogens (tertiary/aromatic N) is 4. The van der Waals surface area contributed by atoms with Gasteiger partial charge < -0.3 is 15.0 Å². The molecule has 1 fully saturated rings. The molecule has 6 rings (SSSR count). The second-order valence-corrected chi connectivity index (χ2v) is 10.1. The Morgan fingerprint density at radius 1 is 1.03 bits per heavy atom. The van der Waals surface area contributed by atoms with E-state index in [0.717, 1.165) is 24.1 Å². The van der Waals surface area contributed by atoms with E-state index in [1.165, 1.54) is 16.7 Å². The van der Waals surface area contributed by atoms with Crippen LogP contribution in [0.1, 0.15) is 69.8 Å². The molecule has 0 radical (unpaired) electrons. The lowest BCUT2D eigenvalue weighted by molar-refractivity contribution is -0.127. The summed E-state index contributed by atoms with van der Waals surface area (Å²) in [5.41, 5.74) is 5.95. The number of carbonyl (C=O) groups excluding carboxylic acids is 2. The van der Waals surface area contributed by atoms with Crippen LogP contribution >= 0.6 is 0 Å². The summed E-state index contributed by atoms with van der Waals surface area (Å²) < 4.78 is 7.87. The van der Waals surface area contributed by atoms with Crippen molar-refractivity contribution in [2.24, 2.45) is 5.92 Å². The molecule has 2 amide bonds. The van der Waals surface area contributed by atoms with Crippen molar-refractivity contribution in [3.8, 4) is 0 Å². The Morgan fingerprint density at radius 3 is 2.61 bits per heavy atom. The maximum atomic E-state index is 13.3. The van der Waals surface area contributed by atoms with Crippen LogP contribution in [0.25, 0.3) is 0 Å². The Hall–Kier alpha value is -3.52. The van der Waals surface area contributed by atoms with E-state index < -0.39 is 0 Å². The van der Waals surface area contributed by atoms with E-state index in [-0.39, 0.29) is 29.9 Å². The third-order valence-electron chi connectivity index (χ3n) is 7.85. The Labute approximate surface area is 210 Å². The molecule has 3 aliphatic rings. The van der Waals surface area contributed by atoms with Crippen molar-refractivity contribution in [1.29, 1.82) is 0 Å². The minimum Gasteiger partial charge on any atom is -0.365 e. The van der Waals surface area contributed by atoms with Crippen molar-refractivity contribution >= 4 is 11.8 Å². The van der Waals surface area contributed by atoms with Gasteiger partial charge in [-0.2, -0.15) is 0 Å². The number of likely N-dealkylation sites (tertiary alicyclic amines) is 1. The molecule has 8 heteroatoms. The number of nitrogens with one attached hydrogen (secondary N) is 1. The van der Waals surface area contributed by atoms with Crippen LogP contribution in [-0.2, 0) is 29.1 Å². The van der Waals surface area contributed by atoms with Gasteiger partial charge in [0.2, 0.25) is 5.91 Å². The predicted octanol–water partition coefficient (Wildman–Crippen LogP) is 3.51. The maximum absolute atomic E-state index is 13.3. The molecule has 1 saturated heterocycles. The van der Waals surface area contributed by atoms with Crippen LogP contribution in [0.4, 0.5) is 0 Å². The number of aryl methyl sites for hydroxylation is 2. The summed E-state index contributed by atoms with van der Waals surface area (Å²) in [6, 6.07) is 16.7. The second kappa shape index (κ2) is 9.50. The lowest BCUT2D eigenvalue weighted by atomic mass is 9.95. The molecule has 0 saturated carbocycles. The molecule has 186 valence electrons. The standard InChI is InChI=1S/C28H31N5O3/c1-18-6-8-20(9-7-18)25-16-33-24(17-36-25)26(30-31-33)28(35)32-14-12-21(13-15-32)27(34)29-23-11-10-19-4-2-3-5-22(19)23/h2-9,21,23,25H,10-17H2,1H3,(H,29,34)/t23-,25-/m0/s1. The number of fused-ring (bicyclic) bond motifs is 2. The Kier molecular flexibility index (Phi) is 6.05. The van der Waals surface area contributed by atoms with Crippen molar-refractivity contribution in [1.82, 2.24) is 25.2 Å². The first-order chi connectivity index (χ1) is 17.6. The third-order valence-corrected chi connectivity index (χ3v) is 7.85. The quantitative estimate of drug-likeness (QED) is 0.611.